The number of fused-ring (bicyclic) bond motifs is 1. The second-order valence-electron chi connectivity index (χ2n) is 2.37. The van der Waals surface area contributed by atoms with Crippen molar-refractivity contribution in [3.05, 3.63) is 35.1 Å². The Morgan fingerprint density at radius 2 is 2.18 bits per heavy atom. The number of hydrogen-bond acceptors (Lipinski definition) is 2. The Kier molecular flexibility index (Phi) is 1.09. The highest BCUT2D eigenvalue weighted by Gasteiger charge is 1.98. The normalized spacial score (nSPS) is 10.6. The second-order valence-corrected chi connectivity index (χ2v) is 2.37. The van der Waals surface area contributed by atoms with Gasteiger partial charge in [-0.3, -0.25) is 4.79 Å². The van der Waals surface area contributed by atoms with Gasteiger partial charge in [-0.15, -0.1) is 0 Å². The Bertz CT molecular complexity index is 440. The Morgan fingerprint density at radius 1 is 1.36 bits per heavy atom. The molecule has 4 nitrogen and oxygen atoms in total. The Hall–Kier alpha value is -1.58. The fourth-order valence-electron chi connectivity index (χ4n) is 0.996. The predicted octanol–water partition coefficient (Wildman–Crippen LogP) is 0.0330. The maximum atomic E-state index is 11.3. The van der Waals surface area contributed by atoms with Crippen molar-refractivity contribution < 1.29 is 0 Å². The van der Waals surface area contributed by atoms with Gasteiger partial charge >= 0.3 is 0 Å². The molecular weight excluding hydrogens is 142 g/mol. The van der Waals surface area contributed by atoms with Crippen molar-refractivity contribution in [3.8, 4) is 0 Å². The highest BCUT2D eigenvalue weighted by atomic mass is 16.1. The van der Waals surface area contributed by atoms with Gasteiger partial charge in [-0.25, -0.2) is 4.98 Å². The lowest BCUT2D eigenvalue weighted by molar-refractivity contribution is 0.842. The van der Waals surface area contributed by atoms with Crippen LogP contribution in [-0.4, -0.2) is 14.0 Å². The summed E-state index contributed by atoms with van der Waals surface area (Å²) in [5.74, 6) is 0. The van der Waals surface area contributed by atoms with Crippen LogP contribution < -0.4 is 5.56 Å². The van der Waals surface area contributed by atoms with E-state index in [-0.39, 0.29) is 5.56 Å². The molecule has 0 saturated heterocycles. The van der Waals surface area contributed by atoms with Crippen molar-refractivity contribution in [2.75, 3.05) is 0 Å². The van der Waals surface area contributed by atoms with Gasteiger partial charge in [-0.2, -0.15) is 0 Å². The Labute approximate surface area is 62.7 Å². The predicted molar refractivity (Wildman–Crippen MR) is 40.4 cm³/mol. The molecule has 0 aromatic carbocycles. The van der Waals surface area contributed by atoms with Crippen LogP contribution in [0.4, 0.5) is 0 Å². The van der Waals surface area contributed by atoms with Gasteiger partial charge in [0, 0.05) is 31.8 Å². The third kappa shape index (κ3) is 0.756. The van der Waals surface area contributed by atoms with Crippen LogP contribution in [0.5, 0.6) is 0 Å². The van der Waals surface area contributed by atoms with Gasteiger partial charge in [0.2, 0.25) is 5.65 Å². The van der Waals surface area contributed by atoms with Crippen molar-refractivity contribution in [1.82, 2.24) is 14.0 Å². The maximum Gasteiger partial charge on any atom is 0.293 e. The number of hydrogen-bond donors (Lipinski definition) is 0. The maximum absolute atomic E-state index is 11.3. The summed E-state index contributed by atoms with van der Waals surface area (Å²) in [6.07, 6.45) is 6.86. The molecule has 2 aromatic rings. The first kappa shape index (κ1) is 6.15. The molecule has 0 aliphatic rings. The number of aryl methyl sites for hydroxylation is 1. The van der Waals surface area contributed by atoms with E-state index in [0.717, 1.165) is 0 Å². The summed E-state index contributed by atoms with van der Waals surface area (Å²) in [5.41, 5.74) is 0.396. The monoisotopic (exact) mass is 149 g/mol. The molecule has 0 aliphatic carbocycles. The highest BCUT2D eigenvalue weighted by Crippen LogP contribution is 1.90. The van der Waals surface area contributed by atoms with E-state index in [4.69, 9.17) is 0 Å². The average Bonchev–Trinajstić information content (AvgIpc) is 2.45. The molecule has 2 heterocycles. The lowest BCUT2D eigenvalue weighted by Gasteiger charge is -1.95. The van der Waals surface area contributed by atoms with Crippen LogP contribution in [0.15, 0.2) is 29.6 Å². The van der Waals surface area contributed by atoms with E-state index < -0.39 is 0 Å². The number of imidazole rings is 1. The van der Waals surface area contributed by atoms with Crippen molar-refractivity contribution in [2.45, 2.75) is 0 Å². The molecule has 11 heavy (non-hydrogen) atoms. The van der Waals surface area contributed by atoms with Crippen LogP contribution >= 0.6 is 0 Å². The minimum atomic E-state index is -0.0718. The Morgan fingerprint density at radius 3 is 3.00 bits per heavy atom. The van der Waals surface area contributed by atoms with Crippen LogP contribution in [0.25, 0.3) is 5.65 Å². The zero-order valence-electron chi connectivity index (χ0n) is 6.06. The van der Waals surface area contributed by atoms with Crippen molar-refractivity contribution >= 4 is 5.65 Å². The molecule has 0 spiro atoms. The van der Waals surface area contributed by atoms with Gasteiger partial charge in [0.25, 0.3) is 5.56 Å². The summed E-state index contributed by atoms with van der Waals surface area (Å²) in [5, 5.41) is 0. The van der Waals surface area contributed by atoms with Gasteiger partial charge in [0.15, 0.2) is 0 Å². The van der Waals surface area contributed by atoms with E-state index in [2.05, 4.69) is 4.98 Å². The zero-order valence-corrected chi connectivity index (χ0v) is 6.06. The third-order valence-electron chi connectivity index (χ3n) is 1.63. The topological polar surface area (TPSA) is 39.3 Å². The minimum Gasteiger partial charge on any atom is -0.314 e. The SMILES string of the molecule is Cn1ccn2ccnc2c1=O. The molecule has 0 atom stereocenters. The quantitative estimate of drug-likeness (QED) is 0.530. The summed E-state index contributed by atoms with van der Waals surface area (Å²) in [7, 11) is 1.71. The molecule has 0 unspecified atom stereocenters. The van der Waals surface area contributed by atoms with Crippen molar-refractivity contribution in [2.24, 2.45) is 7.05 Å². The van der Waals surface area contributed by atoms with E-state index in [1.807, 2.05) is 0 Å². The molecule has 0 amide bonds. The smallest absolute Gasteiger partial charge is 0.293 e. The van der Waals surface area contributed by atoms with E-state index in [0.29, 0.717) is 5.65 Å². The standard InChI is InChI=1S/C7H7N3O/c1-9-4-5-10-3-2-8-6(10)7(9)11/h2-5H,1H3. The number of nitrogens with zero attached hydrogens (tertiary/aromatic N) is 3. The van der Waals surface area contributed by atoms with E-state index in [9.17, 15) is 4.79 Å². The molecule has 0 fully saturated rings. The second kappa shape index (κ2) is 1.95. The van der Waals surface area contributed by atoms with Crippen LogP contribution in [-0.2, 0) is 7.05 Å². The van der Waals surface area contributed by atoms with Crippen LogP contribution in [0, 0.1) is 0 Å². The van der Waals surface area contributed by atoms with Gasteiger partial charge in [0.1, 0.15) is 0 Å². The molecule has 0 radical (unpaired) electrons. The summed E-state index contributed by atoms with van der Waals surface area (Å²) in [6, 6.07) is 0. The van der Waals surface area contributed by atoms with Crippen LogP contribution in [0.3, 0.4) is 0 Å². The summed E-state index contributed by atoms with van der Waals surface area (Å²) >= 11 is 0. The van der Waals surface area contributed by atoms with E-state index in [1.54, 1.807) is 36.2 Å². The number of aromatic nitrogens is 3. The first-order valence-corrected chi connectivity index (χ1v) is 3.27. The molecule has 0 bridgehead atoms. The summed E-state index contributed by atoms with van der Waals surface area (Å²) in [6.45, 7) is 0. The van der Waals surface area contributed by atoms with Crippen molar-refractivity contribution in [1.29, 1.82) is 0 Å². The van der Waals surface area contributed by atoms with Gasteiger partial charge in [-0.1, -0.05) is 0 Å². The molecule has 0 aliphatic heterocycles. The van der Waals surface area contributed by atoms with Gasteiger partial charge in [0.05, 0.1) is 0 Å². The lowest BCUT2D eigenvalue weighted by Crippen LogP contribution is -2.17. The molecule has 2 rings (SSSR count). The number of rotatable bonds is 0. The van der Waals surface area contributed by atoms with Crippen molar-refractivity contribution in [3.63, 3.8) is 0 Å². The fourth-order valence-corrected chi connectivity index (χ4v) is 0.996. The van der Waals surface area contributed by atoms with E-state index >= 15 is 0 Å². The zero-order chi connectivity index (χ0) is 7.84. The van der Waals surface area contributed by atoms with Crippen LogP contribution in [0.2, 0.25) is 0 Å². The highest BCUT2D eigenvalue weighted by molar-refractivity contribution is 5.34. The first-order valence-electron chi connectivity index (χ1n) is 3.27. The fraction of sp³-hybridized carbons (Fsp3) is 0.143. The lowest BCUT2D eigenvalue weighted by atomic mass is 10.6. The molecule has 2 aromatic heterocycles. The first-order chi connectivity index (χ1) is 5.29. The molecule has 0 saturated carbocycles. The largest absolute Gasteiger partial charge is 0.314 e. The minimum absolute atomic E-state index is 0.0718. The van der Waals surface area contributed by atoms with Gasteiger partial charge < -0.3 is 8.97 Å². The average molecular weight is 149 g/mol. The molecular formula is C7H7N3O. The summed E-state index contributed by atoms with van der Waals surface area (Å²) < 4.78 is 3.20. The molecule has 56 valence electrons. The molecule has 4 heteroatoms. The van der Waals surface area contributed by atoms with Gasteiger partial charge in [-0.05, 0) is 0 Å². The van der Waals surface area contributed by atoms with E-state index in [1.165, 1.54) is 4.57 Å². The third-order valence-corrected chi connectivity index (χ3v) is 1.63. The molecule has 0 N–H and O–H groups in total. The van der Waals surface area contributed by atoms with Crippen LogP contribution in [0.1, 0.15) is 0 Å². The summed E-state index contributed by atoms with van der Waals surface area (Å²) in [4.78, 5) is 15.2. The Balaban J connectivity index is 3.05.